The molecule has 29 heavy (non-hydrogen) atoms. The molecule has 10 nitrogen and oxygen atoms in total. The molecule has 2 fully saturated rings. The van der Waals surface area contributed by atoms with Crippen molar-refractivity contribution < 1.29 is 19.8 Å². The number of aliphatic hydroxyl groups is 2. The first-order valence-corrected chi connectivity index (χ1v) is 10.00. The molecule has 2 saturated heterocycles. The van der Waals surface area contributed by atoms with Gasteiger partial charge in [0.1, 0.15) is 30.2 Å². The lowest BCUT2D eigenvalue weighted by Crippen LogP contribution is -2.59. The monoisotopic (exact) mass is 406 g/mol. The maximum absolute atomic E-state index is 10.6. The number of aromatic nitrogens is 4. The molecular formula is C19H30N6O4. The number of ether oxygens (including phenoxy) is 1. The third kappa shape index (κ3) is 3.49. The zero-order chi connectivity index (χ0) is 21.0. The number of aliphatic hydroxyl groups excluding tert-OH is 2. The zero-order valence-corrected chi connectivity index (χ0v) is 17.3. The van der Waals surface area contributed by atoms with E-state index in [1.165, 1.54) is 12.7 Å². The van der Waals surface area contributed by atoms with Crippen LogP contribution >= 0.6 is 0 Å². The molecule has 160 valence electrons. The summed E-state index contributed by atoms with van der Waals surface area (Å²) >= 11 is 0. The highest BCUT2D eigenvalue weighted by atomic mass is 16.7. The Balaban J connectivity index is 1.51. The average molecular weight is 406 g/mol. The Bertz CT molecular complexity index is 869. The van der Waals surface area contributed by atoms with Crippen molar-refractivity contribution in [2.45, 2.75) is 82.6 Å². The molecule has 2 aromatic rings. The van der Waals surface area contributed by atoms with Crippen LogP contribution in [0.3, 0.4) is 0 Å². The van der Waals surface area contributed by atoms with Crippen LogP contribution in [0.2, 0.25) is 0 Å². The fourth-order valence-electron chi connectivity index (χ4n) is 4.63. The Morgan fingerprint density at radius 3 is 2.52 bits per heavy atom. The molecular weight excluding hydrogens is 376 g/mol. The number of nitrogens with zero attached hydrogens (tertiary/aromatic N) is 5. The lowest BCUT2D eigenvalue weighted by molar-refractivity contribution is -0.293. The predicted molar refractivity (Wildman–Crippen MR) is 105 cm³/mol. The van der Waals surface area contributed by atoms with Gasteiger partial charge in [-0.05, 0) is 47.0 Å². The van der Waals surface area contributed by atoms with E-state index < -0.39 is 24.5 Å². The Morgan fingerprint density at radius 2 is 1.83 bits per heavy atom. The Morgan fingerprint density at radius 1 is 1.14 bits per heavy atom. The largest absolute Gasteiger partial charge is 0.387 e. The number of nitrogen functional groups attached to an aromatic ring is 1. The maximum Gasteiger partial charge on any atom is 0.167 e. The summed E-state index contributed by atoms with van der Waals surface area (Å²) in [7, 11) is 0. The smallest absolute Gasteiger partial charge is 0.167 e. The van der Waals surface area contributed by atoms with Crippen molar-refractivity contribution in [2.24, 2.45) is 0 Å². The Kier molecular flexibility index (Phi) is 5.02. The summed E-state index contributed by atoms with van der Waals surface area (Å²) in [6, 6.07) is 0. The maximum atomic E-state index is 10.6. The summed E-state index contributed by atoms with van der Waals surface area (Å²) in [4.78, 5) is 18.5. The van der Waals surface area contributed by atoms with Crippen molar-refractivity contribution in [1.82, 2.24) is 24.6 Å². The Hall–Kier alpha value is -1.85. The van der Waals surface area contributed by atoms with E-state index in [1.54, 1.807) is 4.57 Å². The molecule has 2 aromatic heterocycles. The van der Waals surface area contributed by atoms with Crippen LogP contribution in [-0.2, 0) is 9.57 Å². The second-order valence-corrected chi connectivity index (χ2v) is 9.20. The zero-order valence-electron chi connectivity index (χ0n) is 17.3. The molecule has 2 aliphatic heterocycles. The van der Waals surface area contributed by atoms with Gasteiger partial charge in [0.25, 0.3) is 0 Å². The quantitative estimate of drug-likeness (QED) is 0.680. The fourth-order valence-corrected chi connectivity index (χ4v) is 4.63. The molecule has 0 bridgehead atoms. The first-order valence-electron chi connectivity index (χ1n) is 10.00. The van der Waals surface area contributed by atoms with Gasteiger partial charge in [-0.15, -0.1) is 0 Å². The van der Waals surface area contributed by atoms with E-state index in [-0.39, 0.29) is 23.5 Å². The van der Waals surface area contributed by atoms with Crippen molar-refractivity contribution in [3.8, 4) is 0 Å². The van der Waals surface area contributed by atoms with Crippen molar-refractivity contribution in [2.75, 3.05) is 12.3 Å². The van der Waals surface area contributed by atoms with Gasteiger partial charge in [0.05, 0.1) is 12.9 Å². The molecule has 0 saturated carbocycles. The first kappa shape index (κ1) is 20.4. The van der Waals surface area contributed by atoms with Crippen LogP contribution in [0.15, 0.2) is 12.7 Å². The highest BCUT2D eigenvalue weighted by Gasteiger charge is 2.47. The van der Waals surface area contributed by atoms with Gasteiger partial charge >= 0.3 is 0 Å². The van der Waals surface area contributed by atoms with E-state index in [1.807, 2.05) is 5.06 Å². The number of hydroxylamine groups is 2. The highest BCUT2D eigenvalue weighted by Crippen LogP contribution is 2.39. The molecule has 0 unspecified atom stereocenters. The number of hydrogen-bond donors (Lipinski definition) is 3. The molecule has 4 rings (SSSR count). The number of anilines is 1. The van der Waals surface area contributed by atoms with Crippen LogP contribution in [0.5, 0.6) is 0 Å². The second-order valence-electron chi connectivity index (χ2n) is 9.20. The summed E-state index contributed by atoms with van der Waals surface area (Å²) < 4.78 is 7.54. The average Bonchev–Trinajstić information content (AvgIpc) is 3.17. The highest BCUT2D eigenvalue weighted by molar-refractivity contribution is 5.81. The number of hydrogen-bond acceptors (Lipinski definition) is 9. The van der Waals surface area contributed by atoms with Crippen LogP contribution in [0.1, 0.15) is 53.2 Å². The van der Waals surface area contributed by atoms with Crippen LogP contribution in [0.4, 0.5) is 5.82 Å². The summed E-state index contributed by atoms with van der Waals surface area (Å²) in [5.41, 5.74) is 6.44. The van der Waals surface area contributed by atoms with E-state index in [4.69, 9.17) is 15.3 Å². The minimum atomic E-state index is -1.15. The molecule has 4 heterocycles. The summed E-state index contributed by atoms with van der Waals surface area (Å²) in [5, 5.41) is 23.2. The SMILES string of the molecule is CC1(C)CCCC(C)(C)N1OC[C@H]1O[C@@H](n2cnc3c(N)ncnc32)[C@H](O)[C@@H]1O. The second kappa shape index (κ2) is 7.13. The molecule has 0 aliphatic carbocycles. The first-order chi connectivity index (χ1) is 13.6. The van der Waals surface area contributed by atoms with Gasteiger partial charge in [-0.25, -0.2) is 15.0 Å². The van der Waals surface area contributed by atoms with Crippen LogP contribution in [-0.4, -0.2) is 70.8 Å². The molecule has 2 aliphatic rings. The van der Waals surface area contributed by atoms with Crippen LogP contribution in [0, 0.1) is 0 Å². The molecule has 4 N–H and O–H groups in total. The lowest BCUT2D eigenvalue weighted by atomic mass is 9.82. The van der Waals surface area contributed by atoms with Gasteiger partial charge in [-0.2, -0.15) is 5.06 Å². The van der Waals surface area contributed by atoms with Crippen LogP contribution in [0.25, 0.3) is 11.2 Å². The number of imidazole rings is 1. The fraction of sp³-hybridized carbons (Fsp3) is 0.737. The molecule has 0 aromatic carbocycles. The van der Waals surface area contributed by atoms with Crippen molar-refractivity contribution >= 4 is 17.0 Å². The number of fused-ring (bicyclic) bond motifs is 1. The van der Waals surface area contributed by atoms with E-state index >= 15 is 0 Å². The van der Waals surface area contributed by atoms with Crippen molar-refractivity contribution in [3.63, 3.8) is 0 Å². The topological polar surface area (TPSA) is 132 Å². The minimum absolute atomic E-state index is 0.127. The van der Waals surface area contributed by atoms with Crippen molar-refractivity contribution in [1.29, 1.82) is 0 Å². The molecule has 4 atom stereocenters. The van der Waals surface area contributed by atoms with Gasteiger partial charge in [-0.1, -0.05) is 0 Å². The molecule has 0 spiro atoms. The third-order valence-electron chi connectivity index (χ3n) is 6.04. The Labute approximate surface area is 169 Å². The standard InChI is InChI=1S/C19H30N6O4/c1-18(2)6-5-7-19(3,4)25(18)28-8-11-13(26)14(27)17(29-11)24-10-23-12-15(20)21-9-22-16(12)24/h9-11,13-14,17,26-27H,5-8H2,1-4H3,(H2,20,21,22)/t11-,13-,14-,17-/m1/s1. The number of piperidine rings is 1. The van der Waals surface area contributed by atoms with E-state index in [9.17, 15) is 10.2 Å². The summed E-state index contributed by atoms with van der Waals surface area (Å²) in [6.07, 6.45) is 2.20. The van der Waals surface area contributed by atoms with Gasteiger partial charge in [0, 0.05) is 11.1 Å². The molecule has 0 radical (unpaired) electrons. The van der Waals surface area contributed by atoms with Gasteiger partial charge in [0.2, 0.25) is 0 Å². The number of rotatable bonds is 4. The lowest BCUT2D eigenvalue weighted by Gasteiger charge is -2.51. The minimum Gasteiger partial charge on any atom is -0.387 e. The van der Waals surface area contributed by atoms with Gasteiger partial charge in [0.15, 0.2) is 17.7 Å². The number of nitrogens with two attached hydrogens (primary N) is 1. The van der Waals surface area contributed by atoms with E-state index in [0.717, 1.165) is 19.3 Å². The summed E-state index contributed by atoms with van der Waals surface area (Å²) in [6.45, 7) is 8.74. The van der Waals surface area contributed by atoms with Crippen LogP contribution < -0.4 is 5.73 Å². The van der Waals surface area contributed by atoms with Crippen molar-refractivity contribution in [3.05, 3.63) is 12.7 Å². The van der Waals surface area contributed by atoms with E-state index in [2.05, 4.69) is 42.6 Å². The van der Waals surface area contributed by atoms with Gasteiger partial charge in [-0.3, -0.25) is 9.40 Å². The normalized spacial score (nSPS) is 32.1. The third-order valence-corrected chi connectivity index (χ3v) is 6.04. The summed E-state index contributed by atoms with van der Waals surface area (Å²) in [5.74, 6) is 0.247. The molecule has 0 amide bonds. The molecule has 10 heteroatoms. The van der Waals surface area contributed by atoms with Gasteiger partial charge < -0.3 is 20.7 Å². The van der Waals surface area contributed by atoms with E-state index in [0.29, 0.717) is 11.2 Å². The predicted octanol–water partition coefficient (Wildman–Crippen LogP) is 1.00.